The molecule has 2 N–H and O–H groups in total. The smallest absolute Gasteiger partial charge is 0.191 e. The molecule has 31 heavy (non-hydrogen) atoms. The summed E-state index contributed by atoms with van der Waals surface area (Å²) in [5.41, 5.74) is 3.67. The first kappa shape index (κ1) is 21.4. The fourth-order valence-electron chi connectivity index (χ4n) is 4.17. The van der Waals surface area contributed by atoms with E-state index in [9.17, 15) is 4.39 Å². The topological polar surface area (TPSA) is 42.9 Å². The van der Waals surface area contributed by atoms with Gasteiger partial charge in [0.1, 0.15) is 5.82 Å². The van der Waals surface area contributed by atoms with Gasteiger partial charge in [-0.15, -0.1) is 0 Å². The van der Waals surface area contributed by atoms with Gasteiger partial charge in [-0.05, 0) is 48.2 Å². The number of piperidine rings is 1. The van der Waals surface area contributed by atoms with E-state index in [1.807, 2.05) is 19.2 Å². The van der Waals surface area contributed by atoms with Gasteiger partial charge in [0.15, 0.2) is 5.96 Å². The van der Waals surface area contributed by atoms with Crippen molar-refractivity contribution in [2.45, 2.75) is 32.0 Å². The third-order valence-corrected chi connectivity index (χ3v) is 6.05. The molecule has 0 aromatic heterocycles. The van der Waals surface area contributed by atoms with Crippen molar-refractivity contribution in [3.8, 4) is 0 Å². The summed E-state index contributed by atoms with van der Waals surface area (Å²) in [7, 11) is 1.82. The maximum absolute atomic E-state index is 13.1. The number of guanidine groups is 1. The van der Waals surface area contributed by atoms with Crippen molar-refractivity contribution in [3.05, 3.63) is 77.6 Å². The molecule has 164 valence electrons. The lowest BCUT2D eigenvalue weighted by Crippen LogP contribution is -2.48. The molecular formula is C25H32FN5. The fourth-order valence-corrected chi connectivity index (χ4v) is 4.17. The van der Waals surface area contributed by atoms with Crippen LogP contribution in [0.2, 0.25) is 0 Å². The van der Waals surface area contributed by atoms with Crippen molar-refractivity contribution in [1.29, 1.82) is 0 Å². The highest BCUT2D eigenvalue weighted by molar-refractivity contribution is 5.80. The summed E-state index contributed by atoms with van der Waals surface area (Å²) < 4.78 is 13.1. The summed E-state index contributed by atoms with van der Waals surface area (Å²) in [5, 5.41) is 7.01. The van der Waals surface area contributed by atoms with Gasteiger partial charge in [-0.2, -0.15) is 0 Å². The van der Waals surface area contributed by atoms with Gasteiger partial charge in [0, 0.05) is 58.0 Å². The Morgan fingerprint density at radius 2 is 1.61 bits per heavy atom. The molecular weight excluding hydrogens is 389 g/mol. The van der Waals surface area contributed by atoms with Crippen molar-refractivity contribution in [1.82, 2.24) is 15.5 Å². The van der Waals surface area contributed by atoms with Crippen molar-refractivity contribution >= 4 is 11.6 Å². The van der Waals surface area contributed by atoms with Crippen LogP contribution in [0.15, 0.2) is 65.7 Å². The van der Waals surface area contributed by atoms with Crippen molar-refractivity contribution in [2.24, 2.45) is 4.99 Å². The summed E-state index contributed by atoms with van der Waals surface area (Å²) >= 11 is 0. The minimum Gasteiger partial charge on any atom is -0.364 e. The van der Waals surface area contributed by atoms with Crippen LogP contribution in [0.1, 0.15) is 24.0 Å². The maximum atomic E-state index is 13.1. The average molecular weight is 422 g/mol. The van der Waals surface area contributed by atoms with Gasteiger partial charge in [0.25, 0.3) is 0 Å². The Morgan fingerprint density at radius 3 is 2.26 bits per heavy atom. The fraction of sp³-hybridized carbons (Fsp3) is 0.400. The van der Waals surface area contributed by atoms with E-state index in [0.29, 0.717) is 6.04 Å². The monoisotopic (exact) mass is 421 g/mol. The van der Waals surface area contributed by atoms with E-state index in [1.165, 1.54) is 23.4 Å². The molecule has 2 aromatic carbocycles. The van der Waals surface area contributed by atoms with Crippen LogP contribution in [0.25, 0.3) is 0 Å². The molecule has 2 aromatic rings. The molecule has 0 unspecified atom stereocenters. The minimum absolute atomic E-state index is 0.176. The van der Waals surface area contributed by atoms with Crippen LogP contribution in [0.3, 0.4) is 0 Å². The molecule has 0 radical (unpaired) electrons. The first-order valence-electron chi connectivity index (χ1n) is 11.1. The molecule has 1 fully saturated rings. The second-order valence-electron chi connectivity index (χ2n) is 8.29. The number of rotatable bonds is 6. The SMILES string of the molecule is CN=C(NCc1ccc(N2CC=CC2)cc1)NC1CCN(Cc2ccc(F)cc2)CC1. The zero-order valence-corrected chi connectivity index (χ0v) is 18.2. The number of benzene rings is 2. The normalized spacial score (nSPS) is 17.9. The summed E-state index contributed by atoms with van der Waals surface area (Å²) in [6, 6.07) is 16.0. The molecule has 0 atom stereocenters. The van der Waals surface area contributed by atoms with Gasteiger partial charge in [-0.1, -0.05) is 36.4 Å². The van der Waals surface area contributed by atoms with Crippen LogP contribution in [0, 0.1) is 5.82 Å². The van der Waals surface area contributed by atoms with E-state index in [4.69, 9.17) is 0 Å². The Morgan fingerprint density at radius 1 is 0.968 bits per heavy atom. The van der Waals surface area contributed by atoms with Gasteiger partial charge < -0.3 is 15.5 Å². The lowest BCUT2D eigenvalue weighted by Gasteiger charge is -2.33. The van der Waals surface area contributed by atoms with Crippen molar-refractivity contribution in [3.63, 3.8) is 0 Å². The van der Waals surface area contributed by atoms with Gasteiger partial charge >= 0.3 is 0 Å². The molecule has 0 aliphatic carbocycles. The molecule has 1 saturated heterocycles. The van der Waals surface area contributed by atoms with E-state index in [2.05, 4.69) is 61.8 Å². The van der Waals surface area contributed by atoms with Gasteiger partial charge in [0.2, 0.25) is 0 Å². The predicted octanol–water partition coefficient (Wildman–Crippen LogP) is 3.53. The number of anilines is 1. The zero-order chi connectivity index (χ0) is 21.5. The zero-order valence-electron chi connectivity index (χ0n) is 18.2. The summed E-state index contributed by atoms with van der Waals surface area (Å²) in [6.45, 7) is 5.68. The molecule has 0 bridgehead atoms. The Labute approximate surface area is 184 Å². The van der Waals surface area contributed by atoms with Crippen LogP contribution in [0.5, 0.6) is 0 Å². The van der Waals surface area contributed by atoms with Crippen LogP contribution in [-0.2, 0) is 13.1 Å². The molecule has 2 aliphatic heterocycles. The number of halogens is 1. The third kappa shape index (κ3) is 6.07. The first-order chi connectivity index (χ1) is 15.2. The number of aliphatic imine (C=N–C) groups is 1. The number of hydrogen-bond acceptors (Lipinski definition) is 3. The largest absolute Gasteiger partial charge is 0.364 e. The molecule has 0 saturated carbocycles. The Balaban J connectivity index is 1.19. The average Bonchev–Trinajstić information content (AvgIpc) is 3.35. The van der Waals surface area contributed by atoms with Crippen LogP contribution in [0.4, 0.5) is 10.1 Å². The first-order valence-corrected chi connectivity index (χ1v) is 11.1. The lowest BCUT2D eigenvalue weighted by molar-refractivity contribution is 0.198. The predicted molar refractivity (Wildman–Crippen MR) is 126 cm³/mol. The molecule has 5 nitrogen and oxygen atoms in total. The number of nitrogens with one attached hydrogen (secondary N) is 2. The number of nitrogens with zero attached hydrogens (tertiary/aromatic N) is 3. The van der Waals surface area contributed by atoms with Crippen LogP contribution >= 0.6 is 0 Å². The summed E-state index contributed by atoms with van der Waals surface area (Å²) in [6.07, 6.45) is 6.55. The van der Waals surface area contributed by atoms with Crippen molar-refractivity contribution in [2.75, 3.05) is 38.1 Å². The molecule has 0 spiro atoms. The number of hydrogen-bond donors (Lipinski definition) is 2. The standard InChI is InChI=1S/C25H32FN5/c1-27-25(28-18-20-6-10-24(11-7-20)31-14-2-3-15-31)29-23-12-16-30(17-13-23)19-21-4-8-22(26)9-5-21/h2-11,23H,12-19H2,1H3,(H2,27,28,29). The van der Waals surface area contributed by atoms with E-state index in [1.54, 1.807) is 0 Å². The molecule has 2 aliphatic rings. The highest BCUT2D eigenvalue weighted by Crippen LogP contribution is 2.18. The Hall–Kier alpha value is -2.86. The van der Waals surface area contributed by atoms with E-state index < -0.39 is 0 Å². The molecule has 6 heteroatoms. The quantitative estimate of drug-likeness (QED) is 0.425. The summed E-state index contributed by atoms with van der Waals surface area (Å²) in [5.74, 6) is 0.676. The third-order valence-electron chi connectivity index (χ3n) is 6.05. The lowest BCUT2D eigenvalue weighted by atomic mass is 10.0. The molecule has 2 heterocycles. The Kier molecular flexibility index (Phi) is 7.20. The van der Waals surface area contributed by atoms with Gasteiger partial charge in [0.05, 0.1) is 0 Å². The van der Waals surface area contributed by atoms with E-state index in [0.717, 1.165) is 63.6 Å². The number of likely N-dealkylation sites (tertiary alicyclic amines) is 1. The summed E-state index contributed by atoms with van der Waals surface area (Å²) in [4.78, 5) is 9.18. The molecule has 0 amide bonds. The highest BCUT2D eigenvalue weighted by atomic mass is 19.1. The van der Waals surface area contributed by atoms with Crippen LogP contribution < -0.4 is 15.5 Å². The minimum atomic E-state index is -0.176. The van der Waals surface area contributed by atoms with E-state index in [-0.39, 0.29) is 5.82 Å². The van der Waals surface area contributed by atoms with Crippen LogP contribution in [-0.4, -0.2) is 50.1 Å². The second kappa shape index (κ2) is 10.4. The maximum Gasteiger partial charge on any atom is 0.191 e. The Bertz CT molecular complexity index is 875. The highest BCUT2D eigenvalue weighted by Gasteiger charge is 2.20. The molecule has 4 rings (SSSR count). The van der Waals surface area contributed by atoms with Crippen molar-refractivity contribution < 1.29 is 4.39 Å². The van der Waals surface area contributed by atoms with Gasteiger partial charge in [-0.25, -0.2) is 4.39 Å². The second-order valence-corrected chi connectivity index (χ2v) is 8.29. The van der Waals surface area contributed by atoms with Gasteiger partial charge in [-0.3, -0.25) is 9.89 Å². The van der Waals surface area contributed by atoms with E-state index >= 15 is 0 Å².